The van der Waals surface area contributed by atoms with Gasteiger partial charge in [0.25, 0.3) is 0 Å². The Labute approximate surface area is 182 Å². The highest BCUT2D eigenvalue weighted by Crippen LogP contribution is 2.40. The van der Waals surface area contributed by atoms with Gasteiger partial charge < -0.3 is 20.7 Å². The van der Waals surface area contributed by atoms with E-state index in [0.29, 0.717) is 18.4 Å². The van der Waals surface area contributed by atoms with Gasteiger partial charge in [0.15, 0.2) is 5.96 Å². The molecule has 6 heteroatoms. The van der Waals surface area contributed by atoms with E-state index in [0.717, 1.165) is 56.4 Å². The second-order valence-corrected chi connectivity index (χ2v) is 8.20. The molecule has 1 aromatic carbocycles. The van der Waals surface area contributed by atoms with Crippen molar-refractivity contribution in [2.45, 2.75) is 72.3 Å². The van der Waals surface area contributed by atoms with Gasteiger partial charge in [-0.25, -0.2) is 4.99 Å². The van der Waals surface area contributed by atoms with Gasteiger partial charge in [0.1, 0.15) is 0 Å². The molecule has 0 spiro atoms. The number of aliphatic imine (C=N–C) groups is 1. The van der Waals surface area contributed by atoms with E-state index in [1.165, 1.54) is 25.7 Å². The van der Waals surface area contributed by atoms with Gasteiger partial charge in [-0.2, -0.15) is 0 Å². The third kappa shape index (κ3) is 8.34. The molecule has 1 amide bonds. The first-order valence-electron chi connectivity index (χ1n) is 11.6. The lowest BCUT2D eigenvalue weighted by molar-refractivity contribution is -0.116. The Morgan fingerprint density at radius 2 is 1.83 bits per heavy atom. The number of anilines is 1. The van der Waals surface area contributed by atoms with Gasteiger partial charge in [0, 0.05) is 38.4 Å². The van der Waals surface area contributed by atoms with Crippen LogP contribution in [0.3, 0.4) is 0 Å². The molecule has 30 heavy (non-hydrogen) atoms. The summed E-state index contributed by atoms with van der Waals surface area (Å²) in [4.78, 5) is 16.5. The van der Waals surface area contributed by atoms with Crippen LogP contribution in [0.2, 0.25) is 0 Å². The molecule has 0 saturated heterocycles. The van der Waals surface area contributed by atoms with Gasteiger partial charge in [0.2, 0.25) is 5.91 Å². The maximum absolute atomic E-state index is 11.7. The van der Waals surface area contributed by atoms with Crippen LogP contribution in [0, 0.1) is 5.41 Å². The lowest BCUT2D eigenvalue weighted by atomic mass is 9.83. The highest BCUT2D eigenvalue weighted by Gasteiger charge is 2.33. The molecule has 1 saturated carbocycles. The van der Waals surface area contributed by atoms with Crippen LogP contribution in [0.25, 0.3) is 0 Å². The van der Waals surface area contributed by atoms with Gasteiger partial charge in [-0.05, 0) is 62.6 Å². The Bertz CT molecular complexity index is 652. The Hall–Kier alpha value is -2.08. The topological polar surface area (TPSA) is 74.8 Å². The molecule has 0 atom stereocenters. The smallest absolute Gasteiger partial charge is 0.224 e. The van der Waals surface area contributed by atoms with Crippen molar-refractivity contribution >= 4 is 17.6 Å². The number of nitrogens with zero attached hydrogens (tertiary/aromatic N) is 1. The fourth-order valence-corrected chi connectivity index (χ4v) is 4.00. The third-order valence-corrected chi connectivity index (χ3v) is 5.75. The first-order valence-corrected chi connectivity index (χ1v) is 11.6. The van der Waals surface area contributed by atoms with E-state index < -0.39 is 0 Å². The fraction of sp³-hybridized carbons (Fsp3) is 0.667. The minimum Gasteiger partial charge on any atom is -0.382 e. The second-order valence-electron chi connectivity index (χ2n) is 8.20. The van der Waals surface area contributed by atoms with Crippen molar-refractivity contribution in [2.24, 2.45) is 10.4 Å². The molecular formula is C24H40N4O2. The SMILES string of the molecule is CCCC(=O)Nc1ccc(CN=C(NCC)NCC2(CCOCC)CCCC2)cc1. The number of guanidine groups is 1. The average molecular weight is 417 g/mol. The highest BCUT2D eigenvalue weighted by atomic mass is 16.5. The zero-order chi connectivity index (χ0) is 21.7. The summed E-state index contributed by atoms with van der Waals surface area (Å²) in [6, 6.07) is 7.93. The lowest BCUT2D eigenvalue weighted by Gasteiger charge is -2.30. The molecule has 1 aromatic rings. The third-order valence-electron chi connectivity index (χ3n) is 5.75. The lowest BCUT2D eigenvalue weighted by Crippen LogP contribution is -2.43. The monoisotopic (exact) mass is 416 g/mol. The van der Waals surface area contributed by atoms with Gasteiger partial charge in [-0.3, -0.25) is 4.79 Å². The fourth-order valence-electron chi connectivity index (χ4n) is 4.00. The molecule has 0 bridgehead atoms. The molecule has 1 aliphatic rings. The van der Waals surface area contributed by atoms with E-state index in [2.05, 4.69) is 29.8 Å². The van der Waals surface area contributed by atoms with Crippen LogP contribution in [0.4, 0.5) is 5.69 Å². The van der Waals surface area contributed by atoms with E-state index >= 15 is 0 Å². The second kappa shape index (κ2) is 13.3. The number of ether oxygens (including phenoxy) is 1. The minimum absolute atomic E-state index is 0.0621. The van der Waals surface area contributed by atoms with E-state index in [9.17, 15) is 4.79 Å². The summed E-state index contributed by atoms with van der Waals surface area (Å²) in [5.41, 5.74) is 2.28. The number of hydrogen-bond acceptors (Lipinski definition) is 3. The average Bonchev–Trinajstić information content (AvgIpc) is 3.20. The van der Waals surface area contributed by atoms with Crippen LogP contribution in [-0.2, 0) is 16.1 Å². The predicted molar refractivity (Wildman–Crippen MR) is 125 cm³/mol. The zero-order valence-corrected chi connectivity index (χ0v) is 19.1. The van der Waals surface area contributed by atoms with Gasteiger partial charge in [0.05, 0.1) is 6.54 Å². The van der Waals surface area contributed by atoms with Gasteiger partial charge >= 0.3 is 0 Å². The van der Waals surface area contributed by atoms with Gasteiger partial charge in [-0.1, -0.05) is 31.9 Å². The van der Waals surface area contributed by atoms with Crippen molar-refractivity contribution in [3.8, 4) is 0 Å². The number of amides is 1. The van der Waals surface area contributed by atoms with E-state index in [1.54, 1.807) is 0 Å². The molecule has 1 fully saturated rings. The maximum atomic E-state index is 11.7. The van der Waals surface area contributed by atoms with Crippen molar-refractivity contribution < 1.29 is 9.53 Å². The molecular weight excluding hydrogens is 376 g/mol. The zero-order valence-electron chi connectivity index (χ0n) is 19.1. The number of hydrogen-bond donors (Lipinski definition) is 3. The quantitative estimate of drug-likeness (QED) is 0.267. The minimum atomic E-state index is 0.0621. The van der Waals surface area contributed by atoms with Crippen LogP contribution < -0.4 is 16.0 Å². The highest BCUT2D eigenvalue weighted by molar-refractivity contribution is 5.90. The van der Waals surface area contributed by atoms with Crippen molar-refractivity contribution in [3.63, 3.8) is 0 Å². The Morgan fingerprint density at radius 1 is 1.10 bits per heavy atom. The molecule has 168 valence electrons. The predicted octanol–water partition coefficient (Wildman–Crippen LogP) is 4.47. The summed E-state index contributed by atoms with van der Waals surface area (Å²) < 4.78 is 5.63. The van der Waals surface area contributed by atoms with Crippen molar-refractivity contribution in [2.75, 3.05) is 31.6 Å². The first kappa shape index (κ1) is 24.2. The van der Waals surface area contributed by atoms with Crippen LogP contribution in [0.15, 0.2) is 29.3 Å². The Morgan fingerprint density at radius 3 is 2.47 bits per heavy atom. The van der Waals surface area contributed by atoms with Crippen molar-refractivity contribution in [3.05, 3.63) is 29.8 Å². The van der Waals surface area contributed by atoms with Crippen molar-refractivity contribution in [1.82, 2.24) is 10.6 Å². The number of rotatable bonds is 12. The van der Waals surface area contributed by atoms with Crippen molar-refractivity contribution in [1.29, 1.82) is 0 Å². The van der Waals surface area contributed by atoms with Crippen LogP contribution >= 0.6 is 0 Å². The van der Waals surface area contributed by atoms with Crippen LogP contribution in [-0.4, -0.2) is 38.2 Å². The molecule has 0 radical (unpaired) electrons. The summed E-state index contributed by atoms with van der Waals surface area (Å²) in [5, 5.41) is 9.86. The van der Waals surface area contributed by atoms with E-state index in [1.807, 2.05) is 31.2 Å². The molecule has 3 N–H and O–H groups in total. The normalized spacial score (nSPS) is 15.8. The standard InChI is InChI=1S/C24H40N4O2/c1-4-9-22(29)28-21-12-10-20(11-13-21)18-26-23(25-5-2)27-19-24(14-7-8-15-24)16-17-30-6-3/h10-13H,4-9,14-19H2,1-3H3,(H,28,29)(H2,25,26,27). The number of carbonyl (C=O) groups excluding carboxylic acids is 1. The molecule has 1 aliphatic carbocycles. The molecule has 0 unspecified atom stereocenters. The summed E-state index contributed by atoms with van der Waals surface area (Å²) in [7, 11) is 0. The largest absolute Gasteiger partial charge is 0.382 e. The summed E-state index contributed by atoms with van der Waals surface area (Å²) in [6.45, 7) is 10.2. The van der Waals surface area contributed by atoms with Crippen LogP contribution in [0.5, 0.6) is 0 Å². The number of benzene rings is 1. The number of nitrogens with one attached hydrogen (secondary N) is 3. The Kier molecular flexibility index (Phi) is 10.7. The molecule has 6 nitrogen and oxygen atoms in total. The molecule has 2 rings (SSSR count). The summed E-state index contributed by atoms with van der Waals surface area (Å²) in [6.07, 6.45) is 7.65. The molecule has 0 heterocycles. The Balaban J connectivity index is 1.90. The summed E-state index contributed by atoms with van der Waals surface area (Å²) >= 11 is 0. The molecule has 0 aromatic heterocycles. The van der Waals surface area contributed by atoms with E-state index in [-0.39, 0.29) is 5.91 Å². The van der Waals surface area contributed by atoms with E-state index in [4.69, 9.17) is 9.73 Å². The van der Waals surface area contributed by atoms with Gasteiger partial charge in [-0.15, -0.1) is 0 Å². The first-order chi connectivity index (χ1) is 14.6. The molecule has 0 aliphatic heterocycles. The maximum Gasteiger partial charge on any atom is 0.224 e. The number of carbonyl (C=O) groups is 1. The van der Waals surface area contributed by atoms with Crippen LogP contribution in [0.1, 0.15) is 71.3 Å². The summed E-state index contributed by atoms with van der Waals surface area (Å²) in [5.74, 6) is 0.924.